The smallest absolute Gasteiger partial charge is 0.264 e. The number of aliphatic hydroxyl groups is 1. The number of likely N-dealkylation sites (tertiary alicyclic amines) is 1. The third-order valence-electron chi connectivity index (χ3n) is 5.89. The second kappa shape index (κ2) is 9.60. The summed E-state index contributed by atoms with van der Waals surface area (Å²) in [5, 5.41) is 21.7. The molecule has 0 saturated carbocycles. The van der Waals surface area contributed by atoms with Gasteiger partial charge in [0.2, 0.25) is 0 Å². The molecule has 1 aliphatic heterocycles. The first kappa shape index (κ1) is 22.8. The van der Waals surface area contributed by atoms with Crippen LogP contribution in [0.25, 0.3) is 0 Å². The van der Waals surface area contributed by atoms with Crippen LogP contribution in [0.15, 0.2) is 59.7 Å². The van der Waals surface area contributed by atoms with E-state index in [-0.39, 0.29) is 29.6 Å². The van der Waals surface area contributed by atoms with Crippen molar-refractivity contribution < 1.29 is 13.9 Å². The van der Waals surface area contributed by atoms with Crippen molar-refractivity contribution in [3.05, 3.63) is 88.0 Å². The first-order chi connectivity index (χ1) is 15.8. The molecule has 0 amide bonds. The molecule has 0 spiro atoms. The molecule has 172 valence electrons. The summed E-state index contributed by atoms with van der Waals surface area (Å²) in [5.41, 5.74) is 0.0834. The van der Waals surface area contributed by atoms with Crippen LogP contribution in [-0.2, 0) is 13.1 Å². The van der Waals surface area contributed by atoms with E-state index in [0.29, 0.717) is 38.2 Å². The normalized spacial score (nSPS) is 15.8. The Morgan fingerprint density at radius 2 is 1.67 bits per heavy atom. The largest absolute Gasteiger partial charge is 0.388 e. The lowest BCUT2D eigenvalue weighted by Gasteiger charge is -2.38. The van der Waals surface area contributed by atoms with E-state index in [1.165, 1.54) is 47.3 Å². The van der Waals surface area contributed by atoms with E-state index < -0.39 is 11.2 Å². The van der Waals surface area contributed by atoms with Crippen LogP contribution in [0.1, 0.15) is 24.0 Å². The fraction of sp³-hybridized carbons (Fsp3) is 0.292. The van der Waals surface area contributed by atoms with Gasteiger partial charge in [-0.05, 0) is 54.8 Å². The van der Waals surface area contributed by atoms with Gasteiger partial charge in [0.15, 0.2) is 0 Å². The maximum atomic E-state index is 13.1. The highest BCUT2D eigenvalue weighted by Gasteiger charge is 2.33. The SMILES string of the molecule is N=Cc1c(Nc2ccc(F)cc2)ncn(CC2(O)CCN(Cc3ccc(F)cc3)CC2)c1=O. The quantitative estimate of drug-likeness (QED) is 0.478. The molecule has 0 unspecified atom stereocenters. The van der Waals surface area contributed by atoms with Crippen LogP contribution in [0.5, 0.6) is 0 Å². The Kier molecular flexibility index (Phi) is 6.62. The fourth-order valence-corrected chi connectivity index (χ4v) is 3.97. The number of nitrogens with one attached hydrogen (secondary N) is 2. The number of nitrogens with zero attached hydrogens (tertiary/aromatic N) is 3. The highest BCUT2D eigenvalue weighted by Crippen LogP contribution is 2.25. The lowest BCUT2D eigenvalue weighted by molar-refractivity contribution is -0.0365. The Labute approximate surface area is 189 Å². The Morgan fingerprint density at radius 1 is 1.06 bits per heavy atom. The van der Waals surface area contributed by atoms with E-state index in [1.807, 2.05) is 0 Å². The van der Waals surface area contributed by atoms with Gasteiger partial charge in [-0.3, -0.25) is 14.3 Å². The van der Waals surface area contributed by atoms with Gasteiger partial charge in [0.1, 0.15) is 23.0 Å². The van der Waals surface area contributed by atoms with E-state index in [9.17, 15) is 18.7 Å². The maximum absolute atomic E-state index is 13.1. The molecule has 7 nitrogen and oxygen atoms in total. The lowest BCUT2D eigenvalue weighted by atomic mass is 9.91. The minimum absolute atomic E-state index is 0.0548. The van der Waals surface area contributed by atoms with Gasteiger partial charge in [-0.15, -0.1) is 0 Å². The number of hydrogen-bond donors (Lipinski definition) is 3. The van der Waals surface area contributed by atoms with Gasteiger partial charge in [-0.25, -0.2) is 13.8 Å². The van der Waals surface area contributed by atoms with Crippen LogP contribution in [0.4, 0.5) is 20.3 Å². The summed E-state index contributed by atoms with van der Waals surface area (Å²) in [6.07, 6.45) is 3.21. The van der Waals surface area contributed by atoms with Crippen molar-refractivity contribution in [1.29, 1.82) is 5.41 Å². The van der Waals surface area contributed by atoms with Crippen molar-refractivity contribution in [2.45, 2.75) is 31.5 Å². The van der Waals surface area contributed by atoms with Gasteiger partial charge in [-0.1, -0.05) is 12.1 Å². The third-order valence-corrected chi connectivity index (χ3v) is 5.89. The first-order valence-electron chi connectivity index (χ1n) is 10.7. The Hall–Kier alpha value is -3.43. The molecular weight excluding hydrogens is 428 g/mol. The summed E-state index contributed by atoms with van der Waals surface area (Å²) < 4.78 is 27.5. The van der Waals surface area contributed by atoms with E-state index >= 15 is 0 Å². The monoisotopic (exact) mass is 453 g/mol. The topological polar surface area (TPSA) is 94.2 Å². The summed E-state index contributed by atoms with van der Waals surface area (Å²) in [5.74, 6) is -0.457. The molecule has 1 fully saturated rings. The van der Waals surface area contributed by atoms with Crippen molar-refractivity contribution in [3.63, 3.8) is 0 Å². The molecule has 3 aromatic rings. The number of hydrogen-bond acceptors (Lipinski definition) is 6. The zero-order valence-corrected chi connectivity index (χ0v) is 18.0. The van der Waals surface area contributed by atoms with Gasteiger partial charge >= 0.3 is 0 Å². The first-order valence-corrected chi connectivity index (χ1v) is 10.7. The number of benzene rings is 2. The molecule has 2 heterocycles. The summed E-state index contributed by atoms with van der Waals surface area (Å²) >= 11 is 0. The molecule has 1 aliphatic rings. The molecule has 9 heteroatoms. The van der Waals surface area contributed by atoms with Crippen LogP contribution in [0.3, 0.4) is 0 Å². The highest BCUT2D eigenvalue weighted by atomic mass is 19.1. The van der Waals surface area contributed by atoms with Gasteiger partial charge in [0.05, 0.1) is 18.5 Å². The van der Waals surface area contributed by atoms with Gasteiger partial charge in [-0.2, -0.15) is 0 Å². The molecule has 2 aromatic carbocycles. The van der Waals surface area contributed by atoms with Crippen molar-refractivity contribution in [1.82, 2.24) is 14.5 Å². The third kappa shape index (κ3) is 5.50. The summed E-state index contributed by atoms with van der Waals surface area (Å²) in [4.78, 5) is 19.4. The predicted octanol–water partition coefficient (Wildman–Crippen LogP) is 3.29. The summed E-state index contributed by atoms with van der Waals surface area (Å²) in [6.45, 7) is 2.01. The average Bonchev–Trinajstić information content (AvgIpc) is 2.81. The lowest BCUT2D eigenvalue weighted by Crippen LogP contribution is -2.48. The zero-order valence-electron chi connectivity index (χ0n) is 18.0. The number of rotatable bonds is 7. The molecule has 0 bridgehead atoms. The molecule has 0 atom stereocenters. The van der Waals surface area contributed by atoms with E-state index in [0.717, 1.165) is 11.8 Å². The minimum Gasteiger partial charge on any atom is -0.388 e. The summed E-state index contributed by atoms with van der Waals surface area (Å²) in [6, 6.07) is 12.0. The van der Waals surface area contributed by atoms with Gasteiger partial charge in [0.25, 0.3) is 5.56 Å². The standard InChI is InChI=1S/C24H25F2N5O2/c25-18-3-1-17(2-4-18)14-30-11-9-24(33,10-12-30)15-31-16-28-22(21(13-27)23(31)32)29-20-7-5-19(26)6-8-20/h1-8,13,16,27,29,33H,9-12,14-15H2. The van der Waals surface area contributed by atoms with Crippen LogP contribution in [-0.4, -0.2) is 44.5 Å². The van der Waals surface area contributed by atoms with Crippen molar-refractivity contribution in [2.24, 2.45) is 0 Å². The molecule has 1 saturated heterocycles. The molecule has 0 aliphatic carbocycles. The van der Waals surface area contributed by atoms with E-state index in [1.54, 1.807) is 12.1 Å². The molecule has 1 aromatic heterocycles. The van der Waals surface area contributed by atoms with Crippen LogP contribution < -0.4 is 10.9 Å². The van der Waals surface area contributed by atoms with Crippen LogP contribution >= 0.6 is 0 Å². The van der Waals surface area contributed by atoms with E-state index in [4.69, 9.17) is 5.41 Å². The van der Waals surface area contributed by atoms with E-state index in [2.05, 4.69) is 15.2 Å². The van der Waals surface area contributed by atoms with Crippen molar-refractivity contribution >= 4 is 17.7 Å². The highest BCUT2D eigenvalue weighted by molar-refractivity contribution is 5.85. The Balaban J connectivity index is 1.43. The Bertz CT molecular complexity index is 1170. The van der Waals surface area contributed by atoms with Gasteiger partial charge in [0, 0.05) is 31.5 Å². The molecule has 4 rings (SSSR count). The zero-order chi connectivity index (χ0) is 23.4. The second-order valence-corrected chi connectivity index (χ2v) is 8.34. The number of piperidine rings is 1. The molecular formula is C24H25F2N5O2. The van der Waals surface area contributed by atoms with Crippen LogP contribution in [0, 0.1) is 17.0 Å². The number of aromatic nitrogens is 2. The fourth-order valence-electron chi connectivity index (χ4n) is 3.97. The minimum atomic E-state index is -1.07. The van der Waals surface area contributed by atoms with Crippen molar-refractivity contribution in [3.8, 4) is 0 Å². The Morgan fingerprint density at radius 3 is 2.27 bits per heavy atom. The molecule has 3 N–H and O–H groups in total. The van der Waals surface area contributed by atoms with Gasteiger partial charge < -0.3 is 15.8 Å². The average molecular weight is 453 g/mol. The number of anilines is 2. The maximum Gasteiger partial charge on any atom is 0.264 e. The number of halogens is 2. The molecule has 33 heavy (non-hydrogen) atoms. The van der Waals surface area contributed by atoms with Crippen molar-refractivity contribution in [2.75, 3.05) is 18.4 Å². The predicted molar refractivity (Wildman–Crippen MR) is 122 cm³/mol. The van der Waals surface area contributed by atoms with Crippen LogP contribution in [0.2, 0.25) is 0 Å². The summed E-state index contributed by atoms with van der Waals surface area (Å²) in [7, 11) is 0. The molecule has 0 radical (unpaired) electrons. The second-order valence-electron chi connectivity index (χ2n) is 8.34.